The molecule has 2 aliphatic heterocycles. The number of carbonyl (C=O) groups is 1. The van der Waals surface area contributed by atoms with Gasteiger partial charge in [-0.05, 0) is 6.92 Å². The summed E-state index contributed by atoms with van der Waals surface area (Å²) in [5.41, 5.74) is 10.4. The molecule has 18 heteroatoms. The number of nitrogens with zero attached hydrogens (tertiary/aromatic N) is 8. The van der Waals surface area contributed by atoms with Gasteiger partial charge in [0.1, 0.15) is 29.5 Å². The number of carbonyl (C=O) groups excluding carboxylic acids is 1. The third-order valence-electron chi connectivity index (χ3n) is 5.92. The van der Waals surface area contributed by atoms with Crippen LogP contribution >= 0.6 is 0 Å². The van der Waals surface area contributed by atoms with Crippen LogP contribution in [0.5, 0.6) is 0 Å². The first-order valence-corrected chi connectivity index (χ1v) is 10.3. The molecule has 36 heavy (non-hydrogen) atoms. The first-order chi connectivity index (χ1) is 16.8. The van der Waals surface area contributed by atoms with Gasteiger partial charge in [-0.25, -0.2) is 25.5 Å². The average molecular weight is 512 g/mol. The lowest BCUT2D eigenvalue weighted by molar-refractivity contribution is -0.284. The molecule has 5 heterocycles. The summed E-state index contributed by atoms with van der Waals surface area (Å²) in [6.07, 6.45) is -5.36. The minimum Gasteiger partial charge on any atom is -0.383 e. The number of nitrogen functional groups attached to an aromatic ring is 1. The van der Waals surface area contributed by atoms with E-state index < -0.39 is 36.4 Å². The number of aryl methyl sites for hydroxylation is 2. The summed E-state index contributed by atoms with van der Waals surface area (Å²) >= 11 is 0. The molecule has 5 N–H and O–H groups in total. The fourth-order valence-electron chi connectivity index (χ4n) is 3.91. The van der Waals surface area contributed by atoms with E-state index in [9.17, 15) is 26.7 Å². The molecule has 13 nitrogen and oxygen atoms in total. The van der Waals surface area contributed by atoms with E-state index in [1.165, 1.54) is 29.3 Å². The third kappa shape index (κ3) is 3.43. The summed E-state index contributed by atoms with van der Waals surface area (Å²) in [6.45, 7) is 1.56. The van der Waals surface area contributed by atoms with Crippen molar-refractivity contribution in [2.45, 2.75) is 37.4 Å². The van der Waals surface area contributed by atoms with E-state index >= 15 is 0 Å². The number of rotatable bonds is 5. The molecule has 0 fully saturated rings. The van der Waals surface area contributed by atoms with Crippen molar-refractivity contribution >= 4 is 34.9 Å². The van der Waals surface area contributed by atoms with E-state index in [1.807, 2.05) is 0 Å². The molecule has 0 aromatic carbocycles. The second kappa shape index (κ2) is 7.64. The standard InChI is InChI=1S/C18H17F5N12O/c1-16(35-6-25-32-33-35)9-11(24)29-13(30-12(9)31-15(16)36)10-7-5-26-34(2)14(7)28-8(27-10)3-4-17(19,20)18(21,22)23/h5-6,32-33H,3-4H2,1-2H3,(H3,24,29,30,31,36). The van der Waals surface area contributed by atoms with Crippen molar-refractivity contribution in [3.8, 4) is 11.5 Å². The van der Waals surface area contributed by atoms with Crippen molar-refractivity contribution in [2.75, 3.05) is 11.1 Å². The van der Waals surface area contributed by atoms with Crippen LogP contribution < -0.4 is 22.1 Å². The Hall–Kier alpha value is -4.22. The highest BCUT2D eigenvalue weighted by Gasteiger charge is 2.56. The highest BCUT2D eigenvalue weighted by molar-refractivity contribution is 6.07. The number of hydrazine groups is 2. The van der Waals surface area contributed by atoms with Crippen LogP contribution in [-0.4, -0.2) is 59.1 Å². The average Bonchev–Trinajstić information content (AvgIpc) is 3.51. The molecule has 0 spiro atoms. The lowest BCUT2D eigenvalue weighted by atomic mass is 9.94. The van der Waals surface area contributed by atoms with Gasteiger partial charge >= 0.3 is 12.1 Å². The maximum atomic E-state index is 13.5. The molecular formula is C18H17F5N12O. The van der Waals surface area contributed by atoms with Crippen molar-refractivity contribution in [3.63, 3.8) is 0 Å². The number of halogens is 5. The van der Waals surface area contributed by atoms with Gasteiger partial charge in [-0.2, -0.15) is 32.2 Å². The van der Waals surface area contributed by atoms with Crippen LogP contribution in [0.2, 0.25) is 0 Å². The number of fused-ring (bicyclic) bond motifs is 2. The molecule has 3 aromatic heterocycles. The molecule has 1 unspecified atom stereocenters. The SMILES string of the molecule is Cn1ncc2c(-c3nc(N)c4c(n3)NC(=O)C4(C)N3C=NNN3)nc(CCC(F)(F)C(F)(F)F)nc21. The van der Waals surface area contributed by atoms with Gasteiger partial charge in [0, 0.05) is 19.9 Å². The Labute approximate surface area is 197 Å². The second-order valence-electron chi connectivity index (χ2n) is 8.22. The Kier molecular flexibility index (Phi) is 4.99. The van der Waals surface area contributed by atoms with Crippen molar-refractivity contribution < 1.29 is 26.7 Å². The predicted molar refractivity (Wildman–Crippen MR) is 114 cm³/mol. The second-order valence-corrected chi connectivity index (χ2v) is 8.22. The van der Waals surface area contributed by atoms with Crippen molar-refractivity contribution in [2.24, 2.45) is 12.1 Å². The minimum atomic E-state index is -5.71. The van der Waals surface area contributed by atoms with Crippen molar-refractivity contribution in [1.29, 1.82) is 0 Å². The van der Waals surface area contributed by atoms with Gasteiger partial charge in [-0.1, -0.05) is 0 Å². The number of anilines is 2. The number of nitrogens with two attached hydrogens (primary N) is 1. The number of hydrazone groups is 1. The van der Waals surface area contributed by atoms with E-state index in [2.05, 4.69) is 46.5 Å². The van der Waals surface area contributed by atoms with E-state index in [4.69, 9.17) is 5.73 Å². The van der Waals surface area contributed by atoms with Gasteiger partial charge in [-0.3, -0.25) is 14.5 Å². The minimum absolute atomic E-state index is 0.00157. The molecule has 0 radical (unpaired) electrons. The molecule has 1 amide bonds. The largest absolute Gasteiger partial charge is 0.453 e. The zero-order valence-corrected chi connectivity index (χ0v) is 18.5. The maximum absolute atomic E-state index is 13.5. The molecule has 1 atom stereocenters. The summed E-state index contributed by atoms with van der Waals surface area (Å²) in [6, 6.07) is 0. The number of amides is 1. The normalized spacial score (nSPS) is 19.6. The Bertz CT molecular complexity index is 1420. The Morgan fingerprint density at radius 2 is 1.89 bits per heavy atom. The summed E-state index contributed by atoms with van der Waals surface area (Å²) < 4.78 is 66.2. The maximum Gasteiger partial charge on any atom is 0.453 e. The smallest absolute Gasteiger partial charge is 0.383 e. The van der Waals surface area contributed by atoms with E-state index in [0.717, 1.165) is 0 Å². The summed E-state index contributed by atoms with van der Waals surface area (Å²) in [5.74, 6) is -5.87. The summed E-state index contributed by atoms with van der Waals surface area (Å²) in [5, 5.41) is 12.1. The third-order valence-corrected chi connectivity index (χ3v) is 5.92. The van der Waals surface area contributed by atoms with Gasteiger partial charge < -0.3 is 11.1 Å². The van der Waals surface area contributed by atoms with Crippen LogP contribution in [0.3, 0.4) is 0 Å². The fraction of sp³-hybridized carbons (Fsp3) is 0.389. The van der Waals surface area contributed by atoms with Crippen molar-refractivity contribution in [1.82, 2.24) is 45.8 Å². The number of nitrogens with one attached hydrogen (secondary N) is 3. The number of aromatic nitrogens is 6. The van der Waals surface area contributed by atoms with E-state index in [1.54, 1.807) is 6.92 Å². The first-order valence-electron chi connectivity index (χ1n) is 10.3. The molecule has 2 aliphatic rings. The van der Waals surface area contributed by atoms with E-state index in [-0.39, 0.29) is 40.2 Å². The molecule has 3 aromatic rings. The molecule has 0 aliphatic carbocycles. The molecule has 0 saturated carbocycles. The van der Waals surface area contributed by atoms with Gasteiger partial charge in [0.25, 0.3) is 5.91 Å². The predicted octanol–water partition coefficient (Wildman–Crippen LogP) is 0.968. The molecule has 5 rings (SSSR count). The highest BCUT2D eigenvalue weighted by atomic mass is 19.4. The van der Waals surface area contributed by atoms with Crippen LogP contribution in [0.4, 0.5) is 33.6 Å². The zero-order valence-electron chi connectivity index (χ0n) is 18.5. The Balaban J connectivity index is 1.59. The monoisotopic (exact) mass is 512 g/mol. The topological polar surface area (TPSA) is 164 Å². The first kappa shape index (κ1) is 23.5. The van der Waals surface area contributed by atoms with Crippen LogP contribution in [0.1, 0.15) is 24.7 Å². The van der Waals surface area contributed by atoms with Gasteiger partial charge in [-0.15, -0.1) is 5.53 Å². The lowest BCUT2D eigenvalue weighted by Crippen LogP contribution is -2.54. The number of alkyl halides is 5. The van der Waals surface area contributed by atoms with Gasteiger partial charge in [0.05, 0.1) is 17.1 Å². The van der Waals surface area contributed by atoms with Gasteiger partial charge in [0.2, 0.25) is 0 Å². The number of hydrogen-bond donors (Lipinski definition) is 4. The fourth-order valence-corrected chi connectivity index (χ4v) is 3.91. The lowest BCUT2D eigenvalue weighted by Gasteiger charge is -2.31. The van der Waals surface area contributed by atoms with Crippen LogP contribution in [-0.2, 0) is 23.8 Å². The molecular weight excluding hydrogens is 495 g/mol. The van der Waals surface area contributed by atoms with E-state index in [0.29, 0.717) is 5.39 Å². The highest BCUT2D eigenvalue weighted by Crippen LogP contribution is 2.43. The van der Waals surface area contributed by atoms with Crippen LogP contribution in [0.25, 0.3) is 22.6 Å². The van der Waals surface area contributed by atoms with Crippen molar-refractivity contribution in [3.05, 3.63) is 17.6 Å². The molecule has 190 valence electrons. The molecule has 0 saturated heterocycles. The van der Waals surface area contributed by atoms with Gasteiger partial charge in [0.15, 0.2) is 17.0 Å². The molecule has 0 bridgehead atoms. The number of hydrogen-bond acceptors (Lipinski definition) is 11. The van der Waals surface area contributed by atoms with Crippen LogP contribution in [0, 0.1) is 0 Å². The Morgan fingerprint density at radius 1 is 1.14 bits per heavy atom. The Morgan fingerprint density at radius 3 is 2.56 bits per heavy atom. The quantitative estimate of drug-likeness (QED) is 0.362. The summed E-state index contributed by atoms with van der Waals surface area (Å²) in [7, 11) is 1.51. The summed E-state index contributed by atoms with van der Waals surface area (Å²) in [4.78, 5) is 29.7. The van der Waals surface area contributed by atoms with Crippen LogP contribution in [0.15, 0.2) is 11.3 Å². The zero-order chi connectivity index (χ0) is 26.0.